The van der Waals surface area contributed by atoms with Gasteiger partial charge >= 0.3 is 0 Å². The maximum absolute atomic E-state index is 14.8. The van der Waals surface area contributed by atoms with Gasteiger partial charge in [0.2, 0.25) is 21.8 Å². The van der Waals surface area contributed by atoms with Crippen molar-refractivity contribution in [2.45, 2.75) is 51.0 Å². The summed E-state index contributed by atoms with van der Waals surface area (Å²) in [6, 6.07) is 9.30. The summed E-state index contributed by atoms with van der Waals surface area (Å²) in [5, 5.41) is 7.85. The Kier molecular flexibility index (Phi) is 9.51. The highest BCUT2D eigenvalue weighted by molar-refractivity contribution is 7.93. The number of nitrogens with zero attached hydrogens (tertiary/aromatic N) is 7. The number of para-hydroxylation sites is 1. The average Bonchev–Trinajstić information content (AvgIpc) is 3.78. The van der Waals surface area contributed by atoms with Gasteiger partial charge in [-0.25, -0.2) is 22.1 Å². The Morgan fingerprint density at radius 2 is 1.76 bits per heavy atom. The number of aromatic nitrogens is 6. The lowest BCUT2D eigenvalue weighted by atomic mass is 10.2. The fourth-order valence-electron chi connectivity index (χ4n) is 5.12. The van der Waals surface area contributed by atoms with Gasteiger partial charge < -0.3 is 23.2 Å². The number of furan rings is 1. The molecule has 1 aromatic carbocycles. The molecule has 0 fully saturated rings. The predicted molar refractivity (Wildman–Crippen MR) is 174 cm³/mol. The number of hydrogen-bond acceptors (Lipinski definition) is 10. The van der Waals surface area contributed by atoms with Crippen molar-refractivity contribution in [3.63, 3.8) is 0 Å². The van der Waals surface area contributed by atoms with Crippen molar-refractivity contribution >= 4 is 35.1 Å². The Hall–Kier alpha value is -4.28. The summed E-state index contributed by atoms with van der Waals surface area (Å²) in [7, 11) is -1.41. The maximum Gasteiger partial charge on any atom is 0.246 e. The summed E-state index contributed by atoms with van der Waals surface area (Å²) in [4.78, 5) is 8.59. The van der Waals surface area contributed by atoms with E-state index in [1.54, 1.807) is 41.8 Å². The van der Waals surface area contributed by atoms with Crippen LogP contribution in [0.1, 0.15) is 12.6 Å². The van der Waals surface area contributed by atoms with Crippen LogP contribution in [0, 0.1) is 5.82 Å². The van der Waals surface area contributed by atoms with Crippen molar-refractivity contribution in [3.8, 4) is 28.8 Å². The molecule has 46 heavy (non-hydrogen) atoms. The van der Waals surface area contributed by atoms with Crippen LogP contribution in [-0.4, -0.2) is 78.9 Å². The number of imidazole rings is 1. The van der Waals surface area contributed by atoms with Gasteiger partial charge in [-0.3, -0.25) is 9.55 Å². The SMILES string of the molecule is COCn1cnc2c(C[C@@H](C)S(=O)(=O)N(CC[Si](C)(C)C)c3nnc(-c4ccco4)n3-c3c(OC)cccc3OC)ncc(F)c21. The van der Waals surface area contributed by atoms with E-state index in [1.165, 1.54) is 42.8 Å². The van der Waals surface area contributed by atoms with Gasteiger partial charge in [0, 0.05) is 28.1 Å². The molecule has 4 heterocycles. The molecule has 246 valence electrons. The van der Waals surface area contributed by atoms with E-state index in [4.69, 9.17) is 18.6 Å². The standard InChI is InChI=1S/C30H38FN7O6SSi/c1-20(16-22-26-27(21(31)17-32-22)36(18-33-26)19-41-2)45(39,40)37(13-15-46(5,6)7)30-35-34-29(25-12-9-14-44-25)38(30)28-23(42-3)10-8-11-24(28)43-4/h8-12,14,17-18,20H,13,15-16,19H2,1-7H3/t20-/m1/s1. The number of hydrogen-bond donors (Lipinski definition) is 0. The minimum atomic E-state index is -4.16. The summed E-state index contributed by atoms with van der Waals surface area (Å²) in [5.74, 6) is 0.911. The van der Waals surface area contributed by atoms with Gasteiger partial charge in [-0.1, -0.05) is 25.7 Å². The molecule has 0 saturated carbocycles. The number of sulfonamides is 1. The van der Waals surface area contributed by atoms with E-state index < -0.39 is 29.2 Å². The van der Waals surface area contributed by atoms with Crippen LogP contribution in [0.3, 0.4) is 0 Å². The van der Waals surface area contributed by atoms with Crippen molar-refractivity contribution in [1.29, 1.82) is 0 Å². The van der Waals surface area contributed by atoms with Crippen molar-refractivity contribution in [1.82, 2.24) is 29.3 Å². The molecule has 13 nitrogen and oxygen atoms in total. The first-order valence-corrected chi connectivity index (χ1v) is 19.8. The lowest BCUT2D eigenvalue weighted by Crippen LogP contribution is -2.42. The van der Waals surface area contributed by atoms with E-state index in [-0.39, 0.29) is 42.5 Å². The molecule has 0 radical (unpaired) electrons. The molecule has 0 aliphatic carbocycles. The second-order valence-corrected chi connectivity index (χ2v) is 19.9. The number of ether oxygens (including phenoxy) is 3. The summed E-state index contributed by atoms with van der Waals surface area (Å²) in [6.07, 6.45) is 3.98. The zero-order valence-corrected chi connectivity index (χ0v) is 28.7. The first-order chi connectivity index (χ1) is 21.9. The monoisotopic (exact) mass is 671 g/mol. The van der Waals surface area contributed by atoms with E-state index in [0.717, 1.165) is 6.20 Å². The van der Waals surface area contributed by atoms with Gasteiger partial charge in [-0.2, -0.15) is 0 Å². The van der Waals surface area contributed by atoms with Crippen LogP contribution in [0.2, 0.25) is 25.7 Å². The van der Waals surface area contributed by atoms with Crippen molar-refractivity contribution in [3.05, 3.63) is 60.6 Å². The van der Waals surface area contributed by atoms with E-state index in [2.05, 4.69) is 39.8 Å². The predicted octanol–water partition coefficient (Wildman–Crippen LogP) is 5.14. The fourth-order valence-corrected chi connectivity index (χ4v) is 7.67. The molecule has 0 aliphatic rings. The molecule has 0 bridgehead atoms. The second-order valence-electron chi connectivity index (χ2n) is 12.0. The molecule has 0 unspecified atom stereocenters. The first kappa shape index (κ1) is 33.1. The minimum Gasteiger partial charge on any atom is -0.494 e. The van der Waals surface area contributed by atoms with Gasteiger partial charge in [-0.15, -0.1) is 10.2 Å². The Morgan fingerprint density at radius 3 is 2.37 bits per heavy atom. The maximum atomic E-state index is 14.8. The number of rotatable bonds is 14. The van der Waals surface area contributed by atoms with Gasteiger partial charge in [-0.05, 0) is 37.2 Å². The van der Waals surface area contributed by atoms with E-state index in [9.17, 15) is 12.8 Å². The molecular weight excluding hydrogens is 634 g/mol. The average molecular weight is 672 g/mol. The van der Waals surface area contributed by atoms with Crippen molar-refractivity contribution in [2.75, 3.05) is 32.2 Å². The third-order valence-electron chi connectivity index (χ3n) is 7.54. The number of halogens is 1. The van der Waals surface area contributed by atoms with Crippen LogP contribution in [0.4, 0.5) is 10.3 Å². The van der Waals surface area contributed by atoms with Crippen molar-refractivity contribution < 1.29 is 31.4 Å². The molecule has 16 heteroatoms. The Morgan fingerprint density at radius 1 is 1.04 bits per heavy atom. The zero-order chi connectivity index (χ0) is 33.2. The topological polar surface area (TPSA) is 140 Å². The normalized spacial score (nSPS) is 12.9. The third kappa shape index (κ3) is 6.36. The van der Waals surface area contributed by atoms with Crippen molar-refractivity contribution in [2.24, 2.45) is 0 Å². The summed E-state index contributed by atoms with van der Waals surface area (Å²) in [5.41, 5.74) is 1.22. The highest BCUT2D eigenvalue weighted by Gasteiger charge is 2.37. The van der Waals surface area contributed by atoms with Crippen LogP contribution in [0.25, 0.3) is 28.3 Å². The van der Waals surface area contributed by atoms with Crippen LogP contribution in [0.15, 0.2) is 53.5 Å². The van der Waals surface area contributed by atoms with Crippen LogP contribution < -0.4 is 13.8 Å². The number of pyridine rings is 1. The molecular formula is C30H38FN7O6SSi. The number of fused-ring (bicyclic) bond motifs is 1. The van der Waals surface area contributed by atoms with E-state index in [1.807, 2.05) is 0 Å². The summed E-state index contributed by atoms with van der Waals surface area (Å²) in [6.45, 7) is 8.31. The van der Waals surface area contributed by atoms with E-state index in [0.29, 0.717) is 34.7 Å². The molecule has 0 aliphatic heterocycles. The van der Waals surface area contributed by atoms with Crippen LogP contribution in [0.5, 0.6) is 11.5 Å². The molecule has 0 saturated heterocycles. The molecule has 4 aromatic heterocycles. The smallest absolute Gasteiger partial charge is 0.246 e. The highest BCUT2D eigenvalue weighted by atomic mass is 32.2. The Bertz CT molecular complexity index is 1900. The molecule has 0 amide bonds. The molecule has 5 rings (SSSR count). The second kappa shape index (κ2) is 13.2. The molecule has 5 aromatic rings. The zero-order valence-electron chi connectivity index (χ0n) is 26.9. The lowest BCUT2D eigenvalue weighted by molar-refractivity contribution is 0.134. The Labute approximate surface area is 268 Å². The van der Waals surface area contributed by atoms with Crippen LogP contribution in [-0.2, 0) is 27.9 Å². The van der Waals surface area contributed by atoms with Gasteiger partial charge in [0.1, 0.15) is 35.0 Å². The minimum absolute atomic E-state index is 0.0380. The molecule has 0 spiro atoms. The number of anilines is 1. The fraction of sp³-hybridized carbons (Fsp3) is 0.400. The van der Waals surface area contributed by atoms with Crippen LogP contribution >= 0.6 is 0 Å². The van der Waals surface area contributed by atoms with Gasteiger partial charge in [0.25, 0.3) is 0 Å². The Balaban J connectivity index is 1.66. The first-order valence-electron chi connectivity index (χ1n) is 14.6. The quantitative estimate of drug-likeness (QED) is 0.146. The summed E-state index contributed by atoms with van der Waals surface area (Å²) < 4.78 is 70.8. The number of benzene rings is 1. The van der Waals surface area contributed by atoms with Gasteiger partial charge in [0.15, 0.2) is 11.6 Å². The van der Waals surface area contributed by atoms with Gasteiger partial charge in [0.05, 0.1) is 44.0 Å². The highest BCUT2D eigenvalue weighted by Crippen LogP contribution is 2.39. The number of methoxy groups -OCH3 is 3. The summed E-state index contributed by atoms with van der Waals surface area (Å²) >= 11 is 0. The molecule has 0 N–H and O–H groups in total. The van der Waals surface area contributed by atoms with E-state index >= 15 is 0 Å². The lowest BCUT2D eigenvalue weighted by Gasteiger charge is -2.29. The largest absolute Gasteiger partial charge is 0.494 e. The third-order valence-corrected chi connectivity index (χ3v) is 11.4. The molecule has 1 atom stereocenters.